The minimum absolute atomic E-state index is 0.137. The molecule has 1 aliphatic heterocycles. The molecule has 1 atom stereocenters. The van der Waals surface area contributed by atoms with E-state index in [1.165, 1.54) is 6.04 Å². The van der Waals surface area contributed by atoms with E-state index in [0.717, 1.165) is 18.0 Å². The number of hydrogen-bond acceptors (Lipinski definition) is 2. The van der Waals surface area contributed by atoms with Crippen LogP contribution in [0.1, 0.15) is 12.0 Å². The van der Waals surface area contributed by atoms with Gasteiger partial charge in [0, 0.05) is 14.1 Å². The number of benzene rings is 1. The van der Waals surface area contributed by atoms with E-state index in [9.17, 15) is 8.42 Å². The lowest BCUT2D eigenvalue weighted by molar-refractivity contribution is 0.561. The lowest BCUT2D eigenvalue weighted by atomic mass is 10.2. The van der Waals surface area contributed by atoms with Crippen molar-refractivity contribution in [2.24, 2.45) is 0 Å². The molecule has 0 amide bonds. The maximum atomic E-state index is 12.2. The number of aryl methyl sites for hydroxylation is 1. The second kappa shape index (κ2) is 4.79. The van der Waals surface area contributed by atoms with Gasteiger partial charge in [0.2, 0.25) is 10.0 Å². The summed E-state index contributed by atoms with van der Waals surface area (Å²) in [5, 5.41) is 0. The van der Waals surface area contributed by atoms with E-state index in [-0.39, 0.29) is 6.04 Å². The molecule has 1 heterocycles. The number of rotatable bonds is 3. The van der Waals surface area contributed by atoms with Crippen LogP contribution in [0.5, 0.6) is 0 Å². The molecule has 1 aliphatic rings. The number of hydrogen-bond donors (Lipinski definition) is 1. The second-order valence-corrected chi connectivity index (χ2v) is 13.0. The third-order valence-electron chi connectivity index (χ3n) is 3.62. The molecule has 0 aliphatic carbocycles. The molecule has 0 aromatic heterocycles. The monoisotopic (exact) mass is 283 g/mol. The molecule has 0 radical (unpaired) electrons. The number of sulfonamides is 1. The van der Waals surface area contributed by atoms with E-state index < -0.39 is 18.1 Å². The van der Waals surface area contributed by atoms with Gasteiger partial charge in [-0.3, -0.25) is 0 Å². The quantitative estimate of drug-likeness (QED) is 0.867. The fraction of sp³-hybridized carbons (Fsp3) is 0.538. The smallest absolute Gasteiger partial charge is 0.208 e. The van der Waals surface area contributed by atoms with E-state index in [1.807, 2.05) is 19.1 Å². The molecule has 1 fully saturated rings. The first kappa shape index (κ1) is 13.8. The zero-order chi connectivity index (χ0) is 13.4. The van der Waals surface area contributed by atoms with Gasteiger partial charge < -0.3 is 0 Å². The molecular formula is C13H21NO2SSi. The van der Waals surface area contributed by atoms with Crippen LogP contribution in [0.4, 0.5) is 0 Å². The van der Waals surface area contributed by atoms with Crippen molar-refractivity contribution in [2.45, 2.75) is 49.5 Å². The molecule has 1 aromatic rings. The molecule has 5 heteroatoms. The maximum Gasteiger partial charge on any atom is 0.240 e. The Morgan fingerprint density at radius 2 is 1.83 bits per heavy atom. The minimum Gasteiger partial charge on any atom is -0.208 e. The van der Waals surface area contributed by atoms with Gasteiger partial charge in [-0.2, -0.15) is 0 Å². The largest absolute Gasteiger partial charge is 0.240 e. The van der Waals surface area contributed by atoms with Crippen LogP contribution in [0.2, 0.25) is 25.2 Å². The van der Waals surface area contributed by atoms with Crippen molar-refractivity contribution in [1.29, 1.82) is 0 Å². The molecular weight excluding hydrogens is 262 g/mol. The van der Waals surface area contributed by atoms with Gasteiger partial charge in [0.05, 0.1) is 4.90 Å². The van der Waals surface area contributed by atoms with Crippen molar-refractivity contribution < 1.29 is 8.42 Å². The average Bonchev–Trinajstić information content (AvgIpc) is 2.57. The molecule has 100 valence electrons. The maximum absolute atomic E-state index is 12.2. The molecule has 0 bridgehead atoms. The summed E-state index contributed by atoms with van der Waals surface area (Å²) in [5.74, 6) is 0. The van der Waals surface area contributed by atoms with Gasteiger partial charge in [0.15, 0.2) is 0 Å². The normalized spacial score (nSPS) is 23.2. The summed E-state index contributed by atoms with van der Waals surface area (Å²) in [5.41, 5.74) is 1.07. The first-order valence-electron chi connectivity index (χ1n) is 6.38. The molecule has 0 spiro atoms. The highest BCUT2D eigenvalue weighted by Gasteiger charge is 2.34. The highest BCUT2D eigenvalue weighted by atomic mass is 32.2. The lowest BCUT2D eigenvalue weighted by Crippen LogP contribution is -2.34. The third-order valence-corrected chi connectivity index (χ3v) is 8.40. The Labute approximate surface area is 111 Å². The topological polar surface area (TPSA) is 46.2 Å². The second-order valence-electron chi connectivity index (χ2n) is 6.04. The third kappa shape index (κ3) is 3.21. The SMILES string of the molecule is Cc1ccc(S(=O)(=O)NC2CC[Si](C)(C)C2)cc1. The van der Waals surface area contributed by atoms with E-state index in [0.29, 0.717) is 4.90 Å². The molecule has 1 saturated heterocycles. The lowest BCUT2D eigenvalue weighted by Gasteiger charge is -2.16. The van der Waals surface area contributed by atoms with Crippen LogP contribution in [0, 0.1) is 6.92 Å². The highest BCUT2D eigenvalue weighted by Crippen LogP contribution is 2.30. The summed E-state index contributed by atoms with van der Waals surface area (Å²) in [4.78, 5) is 0.375. The van der Waals surface area contributed by atoms with Crippen molar-refractivity contribution in [3.8, 4) is 0 Å². The first-order chi connectivity index (χ1) is 8.28. The highest BCUT2D eigenvalue weighted by molar-refractivity contribution is 7.89. The minimum atomic E-state index is -3.34. The Hall–Kier alpha value is -0.653. The first-order valence-corrected chi connectivity index (χ1v) is 11.3. The predicted octanol–water partition coefficient (Wildman–Crippen LogP) is 2.75. The van der Waals surface area contributed by atoms with Gasteiger partial charge in [0.25, 0.3) is 0 Å². The van der Waals surface area contributed by atoms with Gasteiger partial charge in [-0.1, -0.05) is 36.8 Å². The van der Waals surface area contributed by atoms with Crippen LogP contribution in [0.25, 0.3) is 0 Å². The number of nitrogens with one attached hydrogen (secondary N) is 1. The van der Waals surface area contributed by atoms with Gasteiger partial charge in [-0.25, -0.2) is 13.1 Å². The van der Waals surface area contributed by atoms with Crippen LogP contribution in [-0.2, 0) is 10.0 Å². The van der Waals surface area contributed by atoms with Gasteiger partial charge >= 0.3 is 0 Å². The zero-order valence-corrected chi connectivity index (χ0v) is 13.0. The Morgan fingerprint density at radius 3 is 2.33 bits per heavy atom. The van der Waals surface area contributed by atoms with Crippen molar-refractivity contribution in [1.82, 2.24) is 4.72 Å². The van der Waals surface area contributed by atoms with E-state index in [4.69, 9.17) is 0 Å². The van der Waals surface area contributed by atoms with Crippen LogP contribution in [0.15, 0.2) is 29.2 Å². The van der Waals surface area contributed by atoms with Gasteiger partial charge in [0.1, 0.15) is 0 Å². The Balaban J connectivity index is 2.11. The van der Waals surface area contributed by atoms with Crippen LogP contribution < -0.4 is 4.72 Å². The van der Waals surface area contributed by atoms with Crippen LogP contribution >= 0.6 is 0 Å². The summed E-state index contributed by atoms with van der Waals surface area (Å²) in [6.45, 7) is 6.61. The van der Waals surface area contributed by atoms with Crippen LogP contribution in [0.3, 0.4) is 0 Å². The van der Waals surface area contributed by atoms with Crippen molar-refractivity contribution in [3.05, 3.63) is 29.8 Å². The summed E-state index contributed by atoms with van der Waals surface area (Å²) in [6.07, 6.45) is 0.990. The average molecular weight is 283 g/mol. The Kier molecular flexibility index (Phi) is 3.67. The summed E-state index contributed by atoms with van der Waals surface area (Å²) < 4.78 is 27.3. The summed E-state index contributed by atoms with van der Waals surface area (Å²) in [7, 11) is -4.48. The molecule has 1 N–H and O–H groups in total. The zero-order valence-electron chi connectivity index (χ0n) is 11.2. The molecule has 18 heavy (non-hydrogen) atoms. The fourth-order valence-electron chi connectivity index (χ4n) is 2.54. The van der Waals surface area contributed by atoms with Crippen molar-refractivity contribution >= 4 is 18.1 Å². The summed E-state index contributed by atoms with van der Waals surface area (Å²) >= 11 is 0. The predicted molar refractivity (Wildman–Crippen MR) is 77.0 cm³/mol. The van der Waals surface area contributed by atoms with E-state index in [1.54, 1.807) is 12.1 Å². The standard InChI is InChI=1S/C13H21NO2SSi/c1-11-4-6-13(7-5-11)17(15,16)14-12-8-9-18(2,3)10-12/h4-7,12,14H,8-10H2,1-3H3. The Bertz CT molecular complexity index is 522. The van der Waals surface area contributed by atoms with Gasteiger partial charge in [-0.05, 0) is 31.5 Å². The molecule has 2 rings (SSSR count). The van der Waals surface area contributed by atoms with E-state index in [2.05, 4.69) is 17.8 Å². The van der Waals surface area contributed by atoms with Crippen molar-refractivity contribution in [2.75, 3.05) is 0 Å². The summed E-state index contributed by atoms with van der Waals surface area (Å²) in [6, 6.07) is 9.43. The molecule has 0 saturated carbocycles. The van der Waals surface area contributed by atoms with E-state index >= 15 is 0 Å². The Morgan fingerprint density at radius 1 is 1.22 bits per heavy atom. The van der Waals surface area contributed by atoms with Gasteiger partial charge in [-0.15, -0.1) is 0 Å². The fourth-order valence-corrected chi connectivity index (χ4v) is 6.93. The van der Waals surface area contributed by atoms with Crippen molar-refractivity contribution in [3.63, 3.8) is 0 Å². The molecule has 3 nitrogen and oxygen atoms in total. The molecule has 1 aromatic carbocycles. The molecule has 1 unspecified atom stereocenters. The van der Waals surface area contributed by atoms with Crippen LogP contribution in [-0.4, -0.2) is 22.5 Å².